The molecule has 110 valence electrons. The number of hydrogen-bond donors (Lipinski definition) is 2. The lowest BCUT2D eigenvalue weighted by Crippen LogP contribution is -2.14. The Bertz CT molecular complexity index is 495. The molecule has 0 amide bonds. The van der Waals surface area contributed by atoms with Gasteiger partial charge in [0.05, 0.1) is 5.92 Å². The van der Waals surface area contributed by atoms with Gasteiger partial charge in [-0.1, -0.05) is 26.0 Å². The van der Waals surface area contributed by atoms with E-state index in [1.54, 1.807) is 19.9 Å². The van der Waals surface area contributed by atoms with Gasteiger partial charge in [0.1, 0.15) is 5.75 Å². The highest BCUT2D eigenvalue weighted by Gasteiger charge is 2.16. The maximum atomic E-state index is 10.8. The summed E-state index contributed by atoms with van der Waals surface area (Å²) in [7, 11) is 0. The number of aliphatic carboxylic acids is 1. The second kappa shape index (κ2) is 6.93. The highest BCUT2D eigenvalue weighted by atomic mass is 16.7. The van der Waals surface area contributed by atoms with Crippen molar-refractivity contribution < 1.29 is 24.5 Å². The molecular formula is C15H20O5. The van der Waals surface area contributed by atoms with E-state index in [2.05, 4.69) is 4.74 Å². The smallest absolute Gasteiger partial charge is 0.481 e. The number of rotatable bonds is 6. The van der Waals surface area contributed by atoms with Gasteiger partial charge in [0.25, 0.3) is 0 Å². The van der Waals surface area contributed by atoms with E-state index in [-0.39, 0.29) is 11.8 Å². The van der Waals surface area contributed by atoms with Crippen LogP contribution in [-0.4, -0.2) is 22.3 Å². The maximum absolute atomic E-state index is 10.8. The van der Waals surface area contributed by atoms with Crippen molar-refractivity contribution in [2.24, 2.45) is 11.8 Å². The molecule has 1 aromatic carbocycles. The van der Waals surface area contributed by atoms with Gasteiger partial charge in [-0.25, -0.2) is 4.79 Å². The number of ether oxygens (including phenoxy) is 1. The van der Waals surface area contributed by atoms with Gasteiger partial charge >= 0.3 is 12.1 Å². The second-order valence-electron chi connectivity index (χ2n) is 5.25. The van der Waals surface area contributed by atoms with Crippen LogP contribution in [-0.2, 0) is 11.2 Å². The van der Waals surface area contributed by atoms with Gasteiger partial charge in [0.2, 0.25) is 0 Å². The summed E-state index contributed by atoms with van der Waals surface area (Å²) in [4.78, 5) is 21.3. The first kappa shape index (κ1) is 16.0. The van der Waals surface area contributed by atoms with Crippen LogP contribution in [0.4, 0.5) is 4.79 Å². The van der Waals surface area contributed by atoms with E-state index in [4.69, 9.17) is 10.2 Å². The zero-order valence-corrected chi connectivity index (χ0v) is 11.9. The SMILES string of the molecule is Cc1cc(C[C@H](C)CC(C)C(=O)O)ccc1OC(=O)O. The van der Waals surface area contributed by atoms with Gasteiger partial charge in [0, 0.05) is 0 Å². The van der Waals surface area contributed by atoms with Gasteiger partial charge in [-0.05, 0) is 42.9 Å². The third-order valence-electron chi connectivity index (χ3n) is 3.20. The molecule has 20 heavy (non-hydrogen) atoms. The van der Waals surface area contributed by atoms with Gasteiger partial charge in [-0.3, -0.25) is 4.79 Å². The lowest BCUT2D eigenvalue weighted by Gasteiger charge is -2.15. The van der Waals surface area contributed by atoms with Crippen molar-refractivity contribution in [1.29, 1.82) is 0 Å². The van der Waals surface area contributed by atoms with Crippen molar-refractivity contribution in [3.8, 4) is 5.75 Å². The second-order valence-corrected chi connectivity index (χ2v) is 5.25. The first-order valence-electron chi connectivity index (χ1n) is 6.52. The summed E-state index contributed by atoms with van der Waals surface area (Å²) in [5.41, 5.74) is 1.80. The molecule has 1 rings (SSSR count). The lowest BCUT2D eigenvalue weighted by atomic mass is 9.91. The van der Waals surface area contributed by atoms with Crippen molar-refractivity contribution in [3.05, 3.63) is 29.3 Å². The van der Waals surface area contributed by atoms with Gasteiger partial charge in [-0.2, -0.15) is 0 Å². The first-order valence-corrected chi connectivity index (χ1v) is 6.52. The summed E-state index contributed by atoms with van der Waals surface area (Å²) in [6, 6.07) is 5.32. The Morgan fingerprint density at radius 1 is 1.25 bits per heavy atom. The van der Waals surface area contributed by atoms with E-state index in [1.807, 2.05) is 19.1 Å². The molecule has 0 heterocycles. The molecule has 0 spiro atoms. The topological polar surface area (TPSA) is 83.8 Å². The Morgan fingerprint density at radius 2 is 1.90 bits per heavy atom. The minimum absolute atomic E-state index is 0.242. The van der Waals surface area contributed by atoms with Crippen LogP contribution in [0.15, 0.2) is 18.2 Å². The van der Waals surface area contributed by atoms with Crippen LogP contribution in [0.3, 0.4) is 0 Å². The highest BCUT2D eigenvalue weighted by molar-refractivity contribution is 5.69. The van der Waals surface area contributed by atoms with Crippen molar-refractivity contribution in [1.82, 2.24) is 0 Å². The van der Waals surface area contributed by atoms with Gasteiger partial charge < -0.3 is 14.9 Å². The average molecular weight is 280 g/mol. The minimum Gasteiger partial charge on any atom is -0.481 e. The minimum atomic E-state index is -1.33. The van der Waals surface area contributed by atoms with Crippen molar-refractivity contribution in [3.63, 3.8) is 0 Å². The van der Waals surface area contributed by atoms with E-state index in [1.165, 1.54) is 0 Å². The molecule has 1 unspecified atom stereocenters. The average Bonchev–Trinajstić information content (AvgIpc) is 2.31. The number of benzene rings is 1. The third-order valence-corrected chi connectivity index (χ3v) is 3.20. The maximum Gasteiger partial charge on any atom is 0.511 e. The van der Waals surface area contributed by atoms with E-state index in [9.17, 15) is 9.59 Å². The normalized spacial score (nSPS) is 13.6. The summed E-state index contributed by atoms with van der Waals surface area (Å²) < 4.78 is 4.64. The Morgan fingerprint density at radius 3 is 2.40 bits per heavy atom. The fourth-order valence-electron chi connectivity index (χ4n) is 2.24. The molecule has 2 atom stereocenters. The summed E-state index contributed by atoms with van der Waals surface area (Å²) in [5.74, 6) is -0.571. The van der Waals surface area contributed by atoms with E-state index in [0.717, 1.165) is 17.5 Å². The Hall–Kier alpha value is -2.04. The fraction of sp³-hybridized carbons (Fsp3) is 0.467. The van der Waals surface area contributed by atoms with Crippen LogP contribution < -0.4 is 4.74 Å². The molecular weight excluding hydrogens is 260 g/mol. The number of carbonyl (C=O) groups is 2. The van der Waals surface area contributed by atoms with Crippen LogP contribution >= 0.6 is 0 Å². The summed E-state index contributed by atoms with van der Waals surface area (Å²) in [6.07, 6.45) is 0.0395. The monoisotopic (exact) mass is 280 g/mol. The Balaban J connectivity index is 2.67. The van der Waals surface area contributed by atoms with Crippen LogP contribution in [0.25, 0.3) is 0 Å². The van der Waals surface area contributed by atoms with Gasteiger partial charge in [0.15, 0.2) is 0 Å². The molecule has 0 radical (unpaired) electrons. The molecule has 0 bridgehead atoms. The van der Waals surface area contributed by atoms with Crippen molar-refractivity contribution >= 4 is 12.1 Å². The molecule has 0 saturated carbocycles. The summed E-state index contributed by atoms with van der Waals surface area (Å²) in [5, 5.41) is 17.5. The molecule has 0 aliphatic rings. The Labute approximate surface area is 118 Å². The predicted molar refractivity (Wildman–Crippen MR) is 74.1 cm³/mol. The number of carboxylic acids is 1. The molecule has 0 saturated heterocycles. The predicted octanol–water partition coefficient (Wildman–Crippen LogP) is 3.34. The summed E-state index contributed by atoms with van der Waals surface area (Å²) in [6.45, 7) is 5.50. The van der Waals surface area contributed by atoms with Crippen LogP contribution in [0.2, 0.25) is 0 Å². The Kier molecular flexibility index (Phi) is 5.55. The third kappa shape index (κ3) is 4.91. The largest absolute Gasteiger partial charge is 0.511 e. The number of aryl methyl sites for hydroxylation is 1. The summed E-state index contributed by atoms with van der Waals surface area (Å²) >= 11 is 0. The number of hydrogen-bond acceptors (Lipinski definition) is 3. The standard InChI is InChI=1S/C15H20O5/c1-9(6-11(3)14(16)17)7-12-4-5-13(10(2)8-12)20-15(18)19/h4-5,8-9,11H,6-7H2,1-3H3,(H,16,17)(H,18,19)/t9-,11?/m1/s1. The van der Waals surface area contributed by atoms with Crippen LogP contribution in [0.5, 0.6) is 5.75 Å². The van der Waals surface area contributed by atoms with E-state index < -0.39 is 12.1 Å². The number of carboxylic acid groups (broad SMARTS) is 2. The van der Waals surface area contributed by atoms with Crippen molar-refractivity contribution in [2.45, 2.75) is 33.6 Å². The highest BCUT2D eigenvalue weighted by Crippen LogP contribution is 2.23. The first-order chi connectivity index (χ1) is 9.29. The molecule has 0 aromatic heterocycles. The van der Waals surface area contributed by atoms with Crippen LogP contribution in [0.1, 0.15) is 31.4 Å². The molecule has 0 aliphatic heterocycles. The zero-order chi connectivity index (χ0) is 15.3. The van der Waals surface area contributed by atoms with Crippen LogP contribution in [0, 0.1) is 18.8 Å². The molecule has 0 aliphatic carbocycles. The molecule has 2 N–H and O–H groups in total. The van der Waals surface area contributed by atoms with Crippen molar-refractivity contribution in [2.75, 3.05) is 0 Å². The van der Waals surface area contributed by atoms with E-state index >= 15 is 0 Å². The molecule has 5 heteroatoms. The van der Waals surface area contributed by atoms with Gasteiger partial charge in [-0.15, -0.1) is 0 Å². The zero-order valence-electron chi connectivity index (χ0n) is 11.9. The van der Waals surface area contributed by atoms with E-state index in [0.29, 0.717) is 12.2 Å². The molecule has 5 nitrogen and oxygen atoms in total. The lowest BCUT2D eigenvalue weighted by molar-refractivity contribution is -0.141. The quantitative estimate of drug-likeness (QED) is 0.616. The fourth-order valence-corrected chi connectivity index (χ4v) is 2.24. The molecule has 0 fully saturated rings. The molecule has 1 aromatic rings.